The largest absolute Gasteiger partial charge is 0.382 e. The molecule has 0 aromatic heterocycles. The Labute approximate surface area is 86.6 Å². The zero-order chi connectivity index (χ0) is 7.11. The van der Waals surface area contributed by atoms with Crippen LogP contribution in [0, 0.1) is 5.92 Å². The molecule has 0 radical (unpaired) electrons. The molecule has 0 spiro atoms. The van der Waals surface area contributed by atoms with E-state index < -0.39 is 0 Å². The van der Waals surface area contributed by atoms with Gasteiger partial charge in [0.25, 0.3) is 0 Å². The maximum atomic E-state index is 5.21. The Balaban J connectivity index is -0.0000000533. The average Bonchev–Trinajstić information content (AvgIpc) is 1.80. The van der Waals surface area contributed by atoms with Crippen molar-refractivity contribution in [2.75, 3.05) is 26.9 Å². The highest BCUT2D eigenvalue weighted by Crippen LogP contribution is 1.91. The molecular weight excluding hydrogens is 164 g/mol. The van der Waals surface area contributed by atoms with E-state index in [1.54, 1.807) is 7.11 Å². The maximum Gasteiger partial charge on any atom is 0.0700 e. The molecule has 2 heteroatoms. The Morgan fingerprint density at radius 1 is 0.923 bits per heavy atom. The third kappa shape index (κ3) is 33.5. The third-order valence-corrected chi connectivity index (χ3v) is 0.883. The fraction of sp³-hybridized carbons (Fsp3) is 1.00. The molecule has 0 atom stereocenters. The molecule has 0 amide bonds. The van der Waals surface area contributed by atoms with E-state index in [0.29, 0.717) is 19.1 Å². The Morgan fingerprint density at radius 2 is 1.38 bits per heavy atom. The lowest BCUT2D eigenvalue weighted by Crippen LogP contribution is -2.06. The first-order chi connectivity index (χ1) is 4.27. The van der Waals surface area contributed by atoms with Gasteiger partial charge in [-0.1, -0.05) is 43.6 Å². The van der Waals surface area contributed by atoms with E-state index in [2.05, 4.69) is 13.8 Å². The Bertz CT molecular complexity index is 54.1. The van der Waals surface area contributed by atoms with Crippen molar-refractivity contribution in [1.82, 2.24) is 0 Å². The predicted molar refractivity (Wildman–Crippen MR) is 64.5 cm³/mol. The standard InChI is InChI=1S/C7H16O2.4CH4/c1-7(2)6-9-5-4-8-3;;;;/h7H,4-6H2,1-3H3;4*1H4. The smallest absolute Gasteiger partial charge is 0.0700 e. The summed E-state index contributed by atoms with van der Waals surface area (Å²) in [4.78, 5) is 0. The first-order valence-corrected chi connectivity index (χ1v) is 3.34. The summed E-state index contributed by atoms with van der Waals surface area (Å²) in [6.45, 7) is 6.52. The molecular formula is C11H32O2. The van der Waals surface area contributed by atoms with Gasteiger partial charge in [-0.25, -0.2) is 0 Å². The zero-order valence-electron chi connectivity index (χ0n) is 6.52. The highest BCUT2D eigenvalue weighted by Gasteiger charge is 1.91. The second kappa shape index (κ2) is 22.7. The van der Waals surface area contributed by atoms with Crippen LogP contribution in [-0.2, 0) is 9.47 Å². The van der Waals surface area contributed by atoms with Crippen molar-refractivity contribution in [2.45, 2.75) is 43.6 Å². The van der Waals surface area contributed by atoms with E-state index in [0.717, 1.165) is 6.61 Å². The molecule has 0 aromatic carbocycles. The quantitative estimate of drug-likeness (QED) is 0.622. The summed E-state index contributed by atoms with van der Waals surface area (Å²) in [5.74, 6) is 0.627. The molecule has 13 heavy (non-hydrogen) atoms. The summed E-state index contributed by atoms with van der Waals surface area (Å²) in [5.41, 5.74) is 0. The predicted octanol–water partition coefficient (Wildman–Crippen LogP) is 3.85. The number of hydrogen-bond acceptors (Lipinski definition) is 2. The fourth-order valence-electron chi connectivity index (χ4n) is 0.461. The normalized spacial score (nSPS) is 7.38. The Kier molecular flexibility index (Phi) is 51.0. The average molecular weight is 196 g/mol. The van der Waals surface area contributed by atoms with Crippen LogP contribution in [0.5, 0.6) is 0 Å². The van der Waals surface area contributed by atoms with Gasteiger partial charge >= 0.3 is 0 Å². The van der Waals surface area contributed by atoms with Crippen LogP contribution in [0.25, 0.3) is 0 Å². The molecule has 0 aliphatic rings. The van der Waals surface area contributed by atoms with Crippen LogP contribution in [0.1, 0.15) is 43.6 Å². The van der Waals surface area contributed by atoms with Crippen molar-refractivity contribution in [3.05, 3.63) is 0 Å². The number of rotatable bonds is 5. The summed E-state index contributed by atoms with van der Waals surface area (Å²) in [5, 5.41) is 0. The second-order valence-electron chi connectivity index (χ2n) is 2.46. The Hall–Kier alpha value is -0.0800. The van der Waals surface area contributed by atoms with Gasteiger partial charge in [0.2, 0.25) is 0 Å². The molecule has 0 heterocycles. The van der Waals surface area contributed by atoms with Gasteiger partial charge in [-0.3, -0.25) is 0 Å². The van der Waals surface area contributed by atoms with Crippen LogP contribution in [0.4, 0.5) is 0 Å². The molecule has 0 rings (SSSR count). The lowest BCUT2D eigenvalue weighted by molar-refractivity contribution is 0.0572. The number of methoxy groups -OCH3 is 1. The molecule has 0 N–H and O–H groups in total. The van der Waals surface area contributed by atoms with Crippen LogP contribution >= 0.6 is 0 Å². The molecule has 0 aromatic rings. The summed E-state index contributed by atoms with van der Waals surface area (Å²) >= 11 is 0. The first kappa shape index (κ1) is 29.3. The van der Waals surface area contributed by atoms with Crippen molar-refractivity contribution >= 4 is 0 Å². The van der Waals surface area contributed by atoms with E-state index in [-0.39, 0.29) is 29.7 Å². The van der Waals surface area contributed by atoms with Gasteiger partial charge in [0, 0.05) is 13.7 Å². The number of ether oxygens (including phenoxy) is 2. The summed E-state index contributed by atoms with van der Waals surface area (Å²) in [6, 6.07) is 0. The zero-order valence-corrected chi connectivity index (χ0v) is 6.52. The van der Waals surface area contributed by atoms with Crippen molar-refractivity contribution < 1.29 is 9.47 Å². The summed E-state index contributed by atoms with van der Waals surface area (Å²) < 4.78 is 10.0. The van der Waals surface area contributed by atoms with E-state index in [4.69, 9.17) is 9.47 Å². The van der Waals surface area contributed by atoms with Gasteiger partial charge < -0.3 is 9.47 Å². The van der Waals surface area contributed by atoms with Crippen LogP contribution < -0.4 is 0 Å². The summed E-state index contributed by atoms with van der Waals surface area (Å²) in [7, 11) is 1.68. The van der Waals surface area contributed by atoms with Crippen molar-refractivity contribution in [2.24, 2.45) is 5.92 Å². The van der Waals surface area contributed by atoms with Crippen LogP contribution in [-0.4, -0.2) is 26.9 Å². The monoisotopic (exact) mass is 196 g/mol. The van der Waals surface area contributed by atoms with Crippen LogP contribution in [0.15, 0.2) is 0 Å². The van der Waals surface area contributed by atoms with Crippen molar-refractivity contribution in [3.8, 4) is 0 Å². The lowest BCUT2D eigenvalue weighted by Gasteiger charge is -2.04. The van der Waals surface area contributed by atoms with E-state index in [1.807, 2.05) is 0 Å². The minimum absolute atomic E-state index is 0. The Morgan fingerprint density at radius 3 is 1.69 bits per heavy atom. The highest BCUT2D eigenvalue weighted by atomic mass is 16.5. The lowest BCUT2D eigenvalue weighted by atomic mass is 10.2. The van der Waals surface area contributed by atoms with Gasteiger partial charge in [0.1, 0.15) is 0 Å². The molecule has 0 unspecified atom stereocenters. The van der Waals surface area contributed by atoms with Gasteiger partial charge in [-0.15, -0.1) is 0 Å². The molecule has 0 aliphatic heterocycles. The maximum absolute atomic E-state index is 5.21. The van der Waals surface area contributed by atoms with E-state index >= 15 is 0 Å². The van der Waals surface area contributed by atoms with Crippen LogP contribution in [0.3, 0.4) is 0 Å². The minimum atomic E-state index is 0. The molecule has 0 aliphatic carbocycles. The van der Waals surface area contributed by atoms with Crippen molar-refractivity contribution in [3.63, 3.8) is 0 Å². The molecule has 0 saturated heterocycles. The van der Waals surface area contributed by atoms with Gasteiger partial charge in [0.15, 0.2) is 0 Å². The van der Waals surface area contributed by atoms with Crippen LogP contribution in [0.2, 0.25) is 0 Å². The minimum Gasteiger partial charge on any atom is -0.382 e. The third-order valence-electron chi connectivity index (χ3n) is 0.883. The van der Waals surface area contributed by atoms with E-state index in [9.17, 15) is 0 Å². The highest BCUT2D eigenvalue weighted by molar-refractivity contribution is 4.38. The van der Waals surface area contributed by atoms with Gasteiger partial charge in [-0.05, 0) is 5.92 Å². The topological polar surface area (TPSA) is 18.5 Å². The first-order valence-electron chi connectivity index (χ1n) is 3.34. The summed E-state index contributed by atoms with van der Waals surface area (Å²) in [6.07, 6.45) is 0. The molecule has 0 bridgehead atoms. The molecule has 0 fully saturated rings. The van der Waals surface area contributed by atoms with Crippen molar-refractivity contribution in [1.29, 1.82) is 0 Å². The van der Waals surface area contributed by atoms with Gasteiger partial charge in [-0.2, -0.15) is 0 Å². The molecule has 0 saturated carbocycles. The molecule has 88 valence electrons. The van der Waals surface area contributed by atoms with Gasteiger partial charge in [0.05, 0.1) is 13.2 Å². The number of hydrogen-bond donors (Lipinski definition) is 0. The second-order valence-corrected chi connectivity index (χ2v) is 2.46. The fourth-order valence-corrected chi connectivity index (χ4v) is 0.461. The SMILES string of the molecule is C.C.C.C.COCCOCC(C)C. The molecule has 2 nitrogen and oxygen atoms in total. The van der Waals surface area contributed by atoms with E-state index in [1.165, 1.54) is 0 Å².